The highest BCUT2D eigenvalue weighted by Crippen LogP contribution is 2.37. The van der Waals surface area contributed by atoms with Crippen molar-refractivity contribution in [1.29, 1.82) is 0 Å². The summed E-state index contributed by atoms with van der Waals surface area (Å²) in [5.74, 6) is -4.42. The maximum absolute atomic E-state index is 13.0. The van der Waals surface area contributed by atoms with Crippen LogP contribution >= 0.6 is 0 Å². The van der Waals surface area contributed by atoms with Gasteiger partial charge in [0.05, 0.1) is 5.56 Å². The zero-order valence-corrected chi connectivity index (χ0v) is 19.1. The van der Waals surface area contributed by atoms with E-state index in [0.717, 1.165) is 37.2 Å². The number of aromatic nitrogens is 1. The molecule has 2 heterocycles. The molecule has 37 heavy (non-hydrogen) atoms. The second-order valence-electron chi connectivity index (χ2n) is 8.21. The van der Waals surface area contributed by atoms with E-state index in [1.165, 1.54) is 11.6 Å². The van der Waals surface area contributed by atoms with E-state index in [9.17, 15) is 31.1 Å². The Morgan fingerprint density at radius 1 is 0.919 bits per heavy atom. The van der Waals surface area contributed by atoms with E-state index in [0.29, 0.717) is 6.20 Å². The molecule has 1 aliphatic heterocycles. The molecule has 2 aromatic carbocycles. The molecule has 1 saturated heterocycles. The molecule has 0 aliphatic carbocycles. The van der Waals surface area contributed by atoms with Crippen molar-refractivity contribution in [2.45, 2.75) is 25.2 Å². The van der Waals surface area contributed by atoms with Crippen LogP contribution in [0.3, 0.4) is 0 Å². The van der Waals surface area contributed by atoms with Gasteiger partial charge in [0.25, 0.3) is 5.88 Å². The van der Waals surface area contributed by atoms with Crippen molar-refractivity contribution in [2.75, 3.05) is 18.0 Å². The first-order valence-electron chi connectivity index (χ1n) is 11.1. The number of nitrogens with zero attached hydrogens (tertiary/aromatic N) is 2. The minimum absolute atomic E-state index is 0.0904. The predicted octanol–water partition coefficient (Wildman–Crippen LogP) is 7.04. The average molecular weight is 522 g/mol. The molecule has 5 nitrogen and oxygen atoms in total. The summed E-state index contributed by atoms with van der Waals surface area (Å²) in [6, 6.07) is 16.7. The molecule has 0 radical (unpaired) electrons. The molecule has 0 amide bonds. The number of carbonyl (C=O) groups excluding carboxylic acids is 1. The van der Waals surface area contributed by atoms with E-state index >= 15 is 0 Å². The van der Waals surface area contributed by atoms with Crippen molar-refractivity contribution in [3.8, 4) is 17.4 Å². The van der Waals surface area contributed by atoms with Crippen molar-refractivity contribution < 1.29 is 40.6 Å². The molecule has 4 rings (SSSR count). The van der Waals surface area contributed by atoms with Crippen LogP contribution in [0.2, 0.25) is 0 Å². The summed E-state index contributed by atoms with van der Waals surface area (Å²) in [6.07, 6.45) is -6.37. The van der Waals surface area contributed by atoms with Gasteiger partial charge >= 0.3 is 18.3 Å². The Balaban J connectivity index is 1.51. The number of rotatable bonds is 5. The van der Waals surface area contributed by atoms with E-state index in [1.807, 2.05) is 36.4 Å². The zero-order chi connectivity index (χ0) is 26.6. The van der Waals surface area contributed by atoms with Gasteiger partial charge in [-0.3, -0.25) is 0 Å². The van der Waals surface area contributed by atoms with Crippen LogP contribution in [0, 0.1) is 0 Å². The lowest BCUT2D eigenvalue weighted by molar-refractivity contribution is -0.189. The first-order chi connectivity index (χ1) is 17.5. The van der Waals surface area contributed by atoms with Gasteiger partial charge in [0.15, 0.2) is 5.75 Å². The molecule has 1 fully saturated rings. The molecule has 0 atom stereocenters. The van der Waals surface area contributed by atoms with Gasteiger partial charge in [-0.2, -0.15) is 26.3 Å². The molecular weight excluding hydrogens is 502 g/mol. The fourth-order valence-corrected chi connectivity index (χ4v) is 3.74. The maximum Gasteiger partial charge on any atom is 0.491 e. The molecule has 0 saturated carbocycles. The monoisotopic (exact) mass is 522 g/mol. The van der Waals surface area contributed by atoms with Crippen LogP contribution in [0.4, 0.5) is 32.0 Å². The Kier molecular flexibility index (Phi) is 7.42. The van der Waals surface area contributed by atoms with Crippen molar-refractivity contribution in [2.24, 2.45) is 0 Å². The van der Waals surface area contributed by atoms with Crippen LogP contribution < -0.4 is 14.4 Å². The number of para-hydroxylation sites is 1. The maximum atomic E-state index is 13.0. The normalized spacial score (nSPS) is 14.3. The zero-order valence-electron chi connectivity index (χ0n) is 19.1. The average Bonchev–Trinajstić information content (AvgIpc) is 2.85. The Labute approximate surface area is 207 Å². The number of halogens is 6. The largest absolute Gasteiger partial charge is 0.491 e. The number of pyridine rings is 1. The summed E-state index contributed by atoms with van der Waals surface area (Å²) in [5, 5.41) is 0. The summed E-state index contributed by atoms with van der Waals surface area (Å²) >= 11 is 0. The van der Waals surface area contributed by atoms with E-state index in [-0.39, 0.29) is 11.8 Å². The van der Waals surface area contributed by atoms with Gasteiger partial charge in [-0.15, -0.1) is 0 Å². The third kappa shape index (κ3) is 6.81. The highest BCUT2D eigenvalue weighted by atomic mass is 19.4. The van der Waals surface area contributed by atoms with Gasteiger partial charge < -0.3 is 14.4 Å². The number of piperidine rings is 1. The van der Waals surface area contributed by atoms with Crippen molar-refractivity contribution in [3.63, 3.8) is 0 Å². The number of alkyl halides is 6. The summed E-state index contributed by atoms with van der Waals surface area (Å²) < 4.78 is 86.7. The van der Waals surface area contributed by atoms with Gasteiger partial charge in [-0.05, 0) is 42.7 Å². The Morgan fingerprint density at radius 2 is 1.62 bits per heavy atom. The van der Waals surface area contributed by atoms with Crippen LogP contribution in [-0.4, -0.2) is 30.2 Å². The Hall–Kier alpha value is -4.02. The molecule has 194 valence electrons. The van der Waals surface area contributed by atoms with E-state index < -0.39 is 35.5 Å². The predicted molar refractivity (Wildman–Crippen MR) is 123 cm³/mol. The third-order valence-electron chi connectivity index (χ3n) is 5.55. The molecule has 3 aromatic rings. The van der Waals surface area contributed by atoms with Gasteiger partial charge in [0.1, 0.15) is 5.75 Å². The number of carbonyl (C=O) groups is 1. The molecule has 0 spiro atoms. The van der Waals surface area contributed by atoms with E-state index in [4.69, 9.17) is 4.74 Å². The van der Waals surface area contributed by atoms with Gasteiger partial charge in [0, 0.05) is 31.0 Å². The minimum atomic E-state index is -5.42. The molecule has 1 aromatic heterocycles. The number of anilines is 1. The smallest absolute Gasteiger partial charge is 0.436 e. The highest BCUT2D eigenvalue weighted by molar-refractivity contribution is 5.78. The Bertz CT molecular complexity index is 1280. The van der Waals surface area contributed by atoms with E-state index in [2.05, 4.69) is 14.6 Å². The van der Waals surface area contributed by atoms with E-state index in [1.54, 1.807) is 18.2 Å². The van der Waals surface area contributed by atoms with Crippen LogP contribution in [0.15, 0.2) is 72.4 Å². The fourth-order valence-electron chi connectivity index (χ4n) is 3.74. The summed E-state index contributed by atoms with van der Waals surface area (Å²) in [7, 11) is 0. The lowest BCUT2D eigenvalue weighted by atomic mass is 10.0. The molecule has 1 aliphatic rings. The van der Waals surface area contributed by atoms with Gasteiger partial charge in [-0.1, -0.05) is 42.0 Å². The number of hydrogen-bond acceptors (Lipinski definition) is 5. The number of hydrogen-bond donors (Lipinski definition) is 0. The van der Waals surface area contributed by atoms with Crippen molar-refractivity contribution >= 4 is 17.7 Å². The summed E-state index contributed by atoms with van der Waals surface area (Å²) in [6.45, 7) is 1.66. The molecule has 0 N–H and O–H groups in total. The number of esters is 1. The number of ether oxygens (including phenoxy) is 2. The quantitative estimate of drug-likeness (QED) is 0.266. The third-order valence-corrected chi connectivity index (χ3v) is 5.55. The molecular formula is C26H20F6N2O3. The molecule has 11 heteroatoms. The topological polar surface area (TPSA) is 51.7 Å². The minimum Gasteiger partial charge on any atom is -0.436 e. The van der Waals surface area contributed by atoms with Crippen LogP contribution in [-0.2, 0) is 11.0 Å². The molecule has 0 bridgehead atoms. The second-order valence-corrected chi connectivity index (χ2v) is 8.21. The highest BCUT2D eigenvalue weighted by Gasteiger charge is 2.42. The van der Waals surface area contributed by atoms with Crippen LogP contribution in [0.5, 0.6) is 17.4 Å². The van der Waals surface area contributed by atoms with Crippen molar-refractivity contribution in [3.05, 3.63) is 83.6 Å². The first-order valence-corrected chi connectivity index (χ1v) is 11.1. The fraction of sp³-hybridized carbons (Fsp3) is 0.231. The standard InChI is InChI=1S/C26H20F6N2O3/c27-25(28,29)19-15-22(37-24(35)26(30,31)32)23(33-16-19)36-21-8-4-5-18(14-21)13-17-9-11-34(12-10-17)20-6-2-1-3-7-20/h1-8,13-16H,9-12H2. The number of benzene rings is 2. The summed E-state index contributed by atoms with van der Waals surface area (Å²) in [5.41, 5.74) is 1.64. The molecule has 0 unspecified atom stereocenters. The Morgan fingerprint density at radius 3 is 2.27 bits per heavy atom. The lowest BCUT2D eigenvalue weighted by Crippen LogP contribution is -2.30. The SMILES string of the molecule is O=C(Oc1cc(C(F)(F)F)cnc1Oc1cccc(C=C2CCN(c3ccccc3)CC2)c1)C(F)(F)F. The van der Waals surface area contributed by atoms with Gasteiger partial charge in [-0.25, -0.2) is 9.78 Å². The summed E-state index contributed by atoms with van der Waals surface area (Å²) in [4.78, 5) is 17.0. The van der Waals surface area contributed by atoms with Crippen LogP contribution in [0.1, 0.15) is 24.0 Å². The van der Waals surface area contributed by atoms with Gasteiger partial charge in [0.2, 0.25) is 0 Å². The van der Waals surface area contributed by atoms with Crippen LogP contribution in [0.25, 0.3) is 6.08 Å². The van der Waals surface area contributed by atoms with Crippen molar-refractivity contribution in [1.82, 2.24) is 4.98 Å². The second kappa shape index (κ2) is 10.5. The lowest BCUT2D eigenvalue weighted by Gasteiger charge is -2.30. The first kappa shape index (κ1) is 26.1.